The lowest BCUT2D eigenvalue weighted by Crippen LogP contribution is -2.41. The van der Waals surface area contributed by atoms with Crippen molar-refractivity contribution in [1.29, 1.82) is 0 Å². The lowest BCUT2D eigenvalue weighted by Gasteiger charge is -2.33. The summed E-state index contributed by atoms with van der Waals surface area (Å²) in [5.41, 5.74) is 6.00. The Kier molecular flexibility index (Phi) is 1.66. The molecule has 2 aliphatic heterocycles. The SMILES string of the molecule is CC12Cc3ccccc3[C@@H](N1)c1ccccc12. The van der Waals surface area contributed by atoms with Crippen LogP contribution < -0.4 is 5.32 Å². The minimum atomic E-state index is 0.121. The Labute approximate surface area is 101 Å². The largest absolute Gasteiger partial charge is 0.297 e. The van der Waals surface area contributed by atoms with E-state index in [9.17, 15) is 0 Å². The molecular weight excluding hydrogens is 206 g/mol. The zero-order valence-corrected chi connectivity index (χ0v) is 9.90. The predicted molar refractivity (Wildman–Crippen MR) is 68.9 cm³/mol. The quantitative estimate of drug-likeness (QED) is 0.720. The molecule has 0 fully saturated rings. The van der Waals surface area contributed by atoms with Crippen LogP contribution in [-0.2, 0) is 12.0 Å². The van der Waals surface area contributed by atoms with Gasteiger partial charge in [-0.1, -0.05) is 48.5 Å². The van der Waals surface area contributed by atoms with E-state index >= 15 is 0 Å². The van der Waals surface area contributed by atoms with Crippen LogP contribution in [0.25, 0.3) is 0 Å². The van der Waals surface area contributed by atoms with E-state index in [4.69, 9.17) is 0 Å². The number of hydrogen-bond acceptors (Lipinski definition) is 1. The first-order valence-corrected chi connectivity index (χ1v) is 6.23. The van der Waals surface area contributed by atoms with E-state index < -0.39 is 0 Å². The van der Waals surface area contributed by atoms with Crippen LogP contribution in [-0.4, -0.2) is 0 Å². The van der Waals surface area contributed by atoms with Crippen molar-refractivity contribution in [2.24, 2.45) is 0 Å². The zero-order chi connectivity index (χ0) is 11.5. The summed E-state index contributed by atoms with van der Waals surface area (Å²) in [4.78, 5) is 0. The second-order valence-corrected chi connectivity index (χ2v) is 5.37. The molecule has 0 amide bonds. The first-order valence-electron chi connectivity index (χ1n) is 6.23. The predicted octanol–water partition coefficient (Wildman–Crippen LogP) is 3.15. The van der Waals surface area contributed by atoms with Gasteiger partial charge < -0.3 is 0 Å². The van der Waals surface area contributed by atoms with E-state index in [0.29, 0.717) is 6.04 Å². The van der Waals surface area contributed by atoms with E-state index in [1.807, 2.05) is 0 Å². The molecule has 4 rings (SSSR count). The summed E-state index contributed by atoms with van der Waals surface area (Å²) >= 11 is 0. The van der Waals surface area contributed by atoms with Crippen LogP contribution in [0, 0.1) is 0 Å². The second-order valence-electron chi connectivity index (χ2n) is 5.37. The van der Waals surface area contributed by atoms with Gasteiger partial charge in [-0.25, -0.2) is 0 Å². The van der Waals surface area contributed by atoms with E-state index in [2.05, 4.69) is 60.8 Å². The molecule has 1 heteroatoms. The standard InChI is InChI=1S/C16H15N/c1-16-10-11-6-2-3-7-12(11)15(17-16)13-8-4-5-9-14(13)16/h2-9,15,17H,10H2,1H3/t15-,16?/m1/s1. The first-order chi connectivity index (χ1) is 8.28. The maximum Gasteiger partial charge on any atom is 0.0589 e. The number of hydrogen-bond donors (Lipinski definition) is 1. The molecule has 1 nitrogen and oxygen atoms in total. The minimum absolute atomic E-state index is 0.121. The highest BCUT2D eigenvalue weighted by molar-refractivity contribution is 5.52. The Morgan fingerprint density at radius 1 is 1.00 bits per heavy atom. The van der Waals surface area contributed by atoms with Crippen LogP contribution in [0.1, 0.15) is 35.2 Å². The lowest BCUT2D eigenvalue weighted by molar-refractivity contribution is 0.352. The van der Waals surface area contributed by atoms with Crippen molar-refractivity contribution >= 4 is 0 Å². The van der Waals surface area contributed by atoms with Gasteiger partial charge >= 0.3 is 0 Å². The first kappa shape index (κ1) is 9.43. The summed E-state index contributed by atoms with van der Waals surface area (Å²) < 4.78 is 0. The second kappa shape index (κ2) is 2.99. The van der Waals surface area contributed by atoms with E-state index in [0.717, 1.165) is 6.42 Å². The Hall–Kier alpha value is -1.60. The molecule has 2 aromatic carbocycles. The third-order valence-corrected chi connectivity index (χ3v) is 4.24. The summed E-state index contributed by atoms with van der Waals surface area (Å²) in [5, 5.41) is 3.79. The van der Waals surface area contributed by atoms with Crippen LogP contribution in [0.4, 0.5) is 0 Å². The molecule has 0 saturated heterocycles. The Morgan fingerprint density at radius 3 is 2.59 bits per heavy atom. The average molecular weight is 221 g/mol. The van der Waals surface area contributed by atoms with Crippen molar-refractivity contribution in [3.63, 3.8) is 0 Å². The summed E-state index contributed by atoms with van der Waals surface area (Å²) in [7, 11) is 0. The molecule has 2 aliphatic rings. The minimum Gasteiger partial charge on any atom is -0.297 e. The molecule has 2 aromatic rings. The summed E-state index contributed by atoms with van der Waals surface area (Å²) in [6.45, 7) is 2.32. The third-order valence-electron chi connectivity index (χ3n) is 4.24. The number of fused-ring (bicyclic) bond motifs is 7. The van der Waals surface area contributed by atoms with Gasteiger partial charge in [0.05, 0.1) is 6.04 Å². The molecule has 0 saturated carbocycles. The van der Waals surface area contributed by atoms with Gasteiger partial charge in [0.1, 0.15) is 0 Å². The van der Waals surface area contributed by atoms with Crippen LogP contribution in [0.3, 0.4) is 0 Å². The van der Waals surface area contributed by atoms with Crippen molar-refractivity contribution in [1.82, 2.24) is 5.32 Å². The maximum atomic E-state index is 3.79. The fourth-order valence-corrected chi connectivity index (χ4v) is 3.47. The normalized spacial score (nSPS) is 28.6. The topological polar surface area (TPSA) is 12.0 Å². The molecule has 2 bridgehead atoms. The summed E-state index contributed by atoms with van der Waals surface area (Å²) in [6.07, 6.45) is 1.09. The monoisotopic (exact) mass is 221 g/mol. The van der Waals surface area contributed by atoms with Gasteiger partial charge in [0.2, 0.25) is 0 Å². The van der Waals surface area contributed by atoms with E-state index in [-0.39, 0.29) is 5.54 Å². The molecule has 17 heavy (non-hydrogen) atoms. The Balaban J connectivity index is 2.02. The molecule has 0 aromatic heterocycles. The number of rotatable bonds is 0. The maximum absolute atomic E-state index is 3.79. The van der Waals surface area contributed by atoms with Gasteiger partial charge in [-0.15, -0.1) is 0 Å². The number of nitrogens with one attached hydrogen (secondary N) is 1. The van der Waals surface area contributed by atoms with Gasteiger partial charge in [-0.05, 0) is 35.6 Å². The molecule has 84 valence electrons. The van der Waals surface area contributed by atoms with Gasteiger partial charge in [0.25, 0.3) is 0 Å². The van der Waals surface area contributed by atoms with Gasteiger partial charge in [-0.3, -0.25) is 5.32 Å². The Bertz CT molecular complexity index is 602. The molecule has 1 N–H and O–H groups in total. The van der Waals surface area contributed by atoms with Crippen molar-refractivity contribution in [3.8, 4) is 0 Å². The highest BCUT2D eigenvalue weighted by atomic mass is 15.1. The molecule has 0 spiro atoms. The Morgan fingerprint density at radius 2 is 1.71 bits per heavy atom. The molecular formula is C16H15N. The molecule has 0 radical (unpaired) electrons. The fourth-order valence-electron chi connectivity index (χ4n) is 3.47. The highest BCUT2D eigenvalue weighted by Gasteiger charge is 2.44. The van der Waals surface area contributed by atoms with Crippen LogP contribution >= 0.6 is 0 Å². The van der Waals surface area contributed by atoms with Crippen molar-refractivity contribution in [2.45, 2.75) is 24.9 Å². The van der Waals surface area contributed by atoms with Gasteiger partial charge in [0, 0.05) is 5.54 Å². The van der Waals surface area contributed by atoms with E-state index in [1.165, 1.54) is 22.3 Å². The summed E-state index contributed by atoms with van der Waals surface area (Å²) in [5.74, 6) is 0. The fraction of sp³-hybridized carbons (Fsp3) is 0.250. The molecule has 2 atom stereocenters. The molecule has 1 unspecified atom stereocenters. The van der Waals surface area contributed by atoms with Crippen molar-refractivity contribution < 1.29 is 0 Å². The highest BCUT2D eigenvalue weighted by Crippen LogP contribution is 2.47. The summed E-state index contributed by atoms with van der Waals surface area (Å²) in [6, 6.07) is 18.0. The average Bonchev–Trinajstić information content (AvgIpc) is 2.60. The van der Waals surface area contributed by atoms with Crippen LogP contribution in [0.2, 0.25) is 0 Å². The molecule has 2 heterocycles. The van der Waals surface area contributed by atoms with Gasteiger partial charge in [0.15, 0.2) is 0 Å². The third kappa shape index (κ3) is 1.12. The van der Waals surface area contributed by atoms with E-state index in [1.54, 1.807) is 0 Å². The van der Waals surface area contributed by atoms with Crippen LogP contribution in [0.15, 0.2) is 48.5 Å². The van der Waals surface area contributed by atoms with Crippen molar-refractivity contribution in [3.05, 3.63) is 70.8 Å². The zero-order valence-electron chi connectivity index (χ0n) is 9.90. The molecule has 0 aliphatic carbocycles. The van der Waals surface area contributed by atoms with Crippen molar-refractivity contribution in [2.75, 3.05) is 0 Å². The van der Waals surface area contributed by atoms with Crippen LogP contribution in [0.5, 0.6) is 0 Å². The lowest BCUT2D eigenvalue weighted by atomic mass is 9.85. The smallest absolute Gasteiger partial charge is 0.0589 e. The number of benzene rings is 2. The van der Waals surface area contributed by atoms with Gasteiger partial charge in [-0.2, -0.15) is 0 Å².